The van der Waals surface area contributed by atoms with E-state index in [1.807, 2.05) is 6.07 Å². The molecule has 2 aromatic carbocycles. The Hall–Kier alpha value is -4.05. The van der Waals surface area contributed by atoms with Crippen LogP contribution in [0.3, 0.4) is 0 Å². The molecular formula is C23H22ClN3O7. The maximum atomic E-state index is 12.5. The molecule has 0 radical (unpaired) electrons. The van der Waals surface area contributed by atoms with Gasteiger partial charge in [0.15, 0.2) is 18.1 Å². The van der Waals surface area contributed by atoms with Crippen molar-refractivity contribution < 1.29 is 33.4 Å². The van der Waals surface area contributed by atoms with Crippen LogP contribution in [0.1, 0.15) is 12.5 Å². The van der Waals surface area contributed by atoms with E-state index in [2.05, 4.69) is 15.4 Å². The molecule has 0 aliphatic carbocycles. The molecule has 10 nitrogen and oxygen atoms in total. The number of amides is 4. The number of hydrogen-bond donors (Lipinski definition) is 2. The van der Waals surface area contributed by atoms with Crippen molar-refractivity contribution in [3.63, 3.8) is 0 Å². The lowest BCUT2D eigenvalue weighted by Gasteiger charge is -2.14. The number of carbonyl (C=O) groups excluding carboxylic acids is 4. The Morgan fingerprint density at radius 3 is 2.56 bits per heavy atom. The highest BCUT2D eigenvalue weighted by Crippen LogP contribution is 2.37. The number of halogens is 1. The number of anilines is 1. The van der Waals surface area contributed by atoms with Gasteiger partial charge in [-0.3, -0.25) is 14.4 Å². The zero-order valence-electron chi connectivity index (χ0n) is 18.4. The summed E-state index contributed by atoms with van der Waals surface area (Å²) in [7, 11) is 1.16. The number of para-hydroxylation sites is 1. The van der Waals surface area contributed by atoms with Crippen LogP contribution in [0.15, 0.2) is 48.2 Å². The number of carbonyl (C=O) groups is 4. The van der Waals surface area contributed by atoms with Crippen LogP contribution in [0.5, 0.6) is 11.5 Å². The number of nitrogens with one attached hydrogen (secondary N) is 2. The first-order valence-electron chi connectivity index (χ1n) is 10.2. The van der Waals surface area contributed by atoms with Gasteiger partial charge >= 0.3 is 12.0 Å². The van der Waals surface area contributed by atoms with Gasteiger partial charge in [0.1, 0.15) is 12.2 Å². The van der Waals surface area contributed by atoms with Gasteiger partial charge in [0.05, 0.1) is 18.7 Å². The fourth-order valence-corrected chi connectivity index (χ4v) is 3.28. The molecule has 1 fully saturated rings. The fourth-order valence-electron chi connectivity index (χ4n) is 3.01. The van der Waals surface area contributed by atoms with Crippen molar-refractivity contribution in [3.05, 3.63) is 58.7 Å². The van der Waals surface area contributed by atoms with Gasteiger partial charge < -0.3 is 24.8 Å². The molecule has 3 rings (SSSR count). The molecule has 2 aromatic rings. The van der Waals surface area contributed by atoms with E-state index in [0.717, 1.165) is 12.0 Å². The van der Waals surface area contributed by atoms with Crippen LogP contribution >= 0.6 is 11.6 Å². The highest BCUT2D eigenvalue weighted by Gasteiger charge is 2.35. The molecule has 1 aliphatic heterocycles. The third-order valence-corrected chi connectivity index (χ3v) is 4.81. The number of urea groups is 1. The second kappa shape index (κ2) is 11.2. The summed E-state index contributed by atoms with van der Waals surface area (Å²) in [5.74, 6) is -1.41. The fraction of sp³-hybridized carbons (Fsp3) is 0.217. The van der Waals surface area contributed by atoms with Crippen molar-refractivity contribution in [2.45, 2.75) is 6.92 Å². The van der Waals surface area contributed by atoms with E-state index in [0.29, 0.717) is 11.3 Å². The first kappa shape index (κ1) is 24.6. The van der Waals surface area contributed by atoms with Crippen molar-refractivity contribution in [2.75, 3.05) is 32.2 Å². The third kappa shape index (κ3) is 6.04. The summed E-state index contributed by atoms with van der Waals surface area (Å²) in [6.07, 6.45) is 1.39. The van der Waals surface area contributed by atoms with Crippen LogP contribution in [0.25, 0.3) is 6.08 Å². The quantitative estimate of drug-likeness (QED) is 0.316. The molecule has 0 saturated carbocycles. The van der Waals surface area contributed by atoms with Gasteiger partial charge in [-0.1, -0.05) is 29.8 Å². The van der Waals surface area contributed by atoms with Crippen LogP contribution in [0.2, 0.25) is 5.02 Å². The van der Waals surface area contributed by atoms with E-state index in [1.54, 1.807) is 37.3 Å². The molecule has 1 aliphatic rings. The van der Waals surface area contributed by atoms with Gasteiger partial charge in [0.25, 0.3) is 11.8 Å². The Morgan fingerprint density at radius 1 is 1.15 bits per heavy atom. The lowest BCUT2D eigenvalue weighted by molar-refractivity contribution is -0.143. The second-order valence-corrected chi connectivity index (χ2v) is 7.33. The molecule has 11 heteroatoms. The average molecular weight is 488 g/mol. The zero-order valence-corrected chi connectivity index (χ0v) is 19.2. The largest absolute Gasteiger partial charge is 0.490 e. The van der Waals surface area contributed by atoms with E-state index < -0.39 is 24.5 Å². The normalized spacial score (nSPS) is 14.1. The SMILES string of the molecule is CCOc1cc(/C=C2/NC(=O)N(CC(=O)OC)C2=O)cc(Cl)c1OCC(=O)Nc1ccccc1. The number of imide groups is 1. The number of hydrogen-bond acceptors (Lipinski definition) is 7. The van der Waals surface area contributed by atoms with Crippen molar-refractivity contribution in [1.29, 1.82) is 0 Å². The average Bonchev–Trinajstić information content (AvgIpc) is 3.06. The zero-order chi connectivity index (χ0) is 24.7. The van der Waals surface area contributed by atoms with E-state index in [-0.39, 0.29) is 41.3 Å². The third-order valence-electron chi connectivity index (χ3n) is 4.53. The second-order valence-electron chi connectivity index (χ2n) is 6.92. The standard InChI is InChI=1S/C23H22ClN3O7/c1-3-33-18-11-14(10-17-22(30)27(23(31)26-17)12-20(29)32-2)9-16(24)21(18)34-13-19(28)25-15-7-5-4-6-8-15/h4-11H,3,12-13H2,1-2H3,(H,25,28)(H,26,31)/b17-10+. The predicted molar refractivity (Wildman–Crippen MR) is 123 cm³/mol. The van der Waals surface area contributed by atoms with E-state index in [9.17, 15) is 19.2 Å². The number of benzene rings is 2. The van der Waals surface area contributed by atoms with Gasteiger partial charge in [0.2, 0.25) is 0 Å². The van der Waals surface area contributed by atoms with E-state index in [4.69, 9.17) is 21.1 Å². The minimum Gasteiger partial charge on any atom is -0.490 e. The molecule has 1 heterocycles. The molecule has 4 amide bonds. The van der Waals surface area contributed by atoms with Gasteiger partial charge in [-0.15, -0.1) is 0 Å². The van der Waals surface area contributed by atoms with Gasteiger partial charge in [-0.25, -0.2) is 9.69 Å². The first-order valence-corrected chi connectivity index (χ1v) is 10.6. The highest BCUT2D eigenvalue weighted by molar-refractivity contribution is 6.32. The van der Waals surface area contributed by atoms with Gasteiger partial charge in [0, 0.05) is 5.69 Å². The van der Waals surface area contributed by atoms with Crippen LogP contribution in [0, 0.1) is 0 Å². The highest BCUT2D eigenvalue weighted by atomic mass is 35.5. The minimum atomic E-state index is -0.748. The minimum absolute atomic E-state index is 0.0525. The summed E-state index contributed by atoms with van der Waals surface area (Å²) < 4.78 is 15.7. The van der Waals surface area contributed by atoms with Crippen LogP contribution in [0.4, 0.5) is 10.5 Å². The maximum absolute atomic E-state index is 12.5. The molecule has 178 valence electrons. The van der Waals surface area contributed by atoms with Crippen LogP contribution in [-0.4, -0.2) is 55.6 Å². The number of methoxy groups -OCH3 is 1. The maximum Gasteiger partial charge on any atom is 0.329 e. The van der Waals surface area contributed by atoms with Crippen LogP contribution < -0.4 is 20.1 Å². The molecule has 0 bridgehead atoms. The van der Waals surface area contributed by atoms with Gasteiger partial charge in [-0.05, 0) is 42.8 Å². The molecule has 0 atom stereocenters. The van der Waals surface area contributed by atoms with Crippen molar-refractivity contribution in [1.82, 2.24) is 10.2 Å². The smallest absolute Gasteiger partial charge is 0.329 e. The predicted octanol–water partition coefficient (Wildman–Crippen LogP) is 2.82. The Morgan fingerprint density at radius 2 is 1.88 bits per heavy atom. The topological polar surface area (TPSA) is 123 Å². The molecule has 0 unspecified atom stereocenters. The number of nitrogens with zero attached hydrogens (tertiary/aromatic N) is 1. The lowest BCUT2D eigenvalue weighted by Crippen LogP contribution is -2.36. The summed E-state index contributed by atoms with van der Waals surface area (Å²) in [6.45, 7) is 1.22. The molecule has 0 spiro atoms. The van der Waals surface area contributed by atoms with E-state index in [1.165, 1.54) is 12.1 Å². The van der Waals surface area contributed by atoms with Gasteiger partial charge in [-0.2, -0.15) is 0 Å². The molecule has 2 N–H and O–H groups in total. The number of esters is 1. The monoisotopic (exact) mass is 487 g/mol. The molecule has 0 aromatic heterocycles. The van der Waals surface area contributed by atoms with Crippen molar-refractivity contribution in [3.8, 4) is 11.5 Å². The Kier molecular flexibility index (Phi) is 8.10. The number of ether oxygens (including phenoxy) is 3. The Balaban J connectivity index is 1.77. The number of rotatable bonds is 9. The van der Waals surface area contributed by atoms with Crippen molar-refractivity contribution >= 4 is 47.2 Å². The molecule has 34 heavy (non-hydrogen) atoms. The van der Waals surface area contributed by atoms with Crippen molar-refractivity contribution in [2.24, 2.45) is 0 Å². The summed E-state index contributed by atoms with van der Waals surface area (Å²) in [5, 5.41) is 5.24. The van der Waals surface area contributed by atoms with Crippen LogP contribution in [-0.2, 0) is 19.1 Å². The van der Waals surface area contributed by atoms with E-state index >= 15 is 0 Å². The summed E-state index contributed by atoms with van der Waals surface area (Å²) in [4.78, 5) is 48.9. The summed E-state index contributed by atoms with van der Waals surface area (Å²) in [6, 6.07) is 11.2. The Bertz CT molecular complexity index is 1130. The lowest BCUT2D eigenvalue weighted by atomic mass is 10.1. The summed E-state index contributed by atoms with van der Waals surface area (Å²) >= 11 is 6.37. The first-order chi connectivity index (χ1) is 16.3. The summed E-state index contributed by atoms with van der Waals surface area (Å²) in [5.41, 5.74) is 1.00. The molecule has 1 saturated heterocycles. The Labute approximate surface area is 200 Å². The molecular weight excluding hydrogens is 466 g/mol.